The van der Waals surface area contributed by atoms with Gasteiger partial charge in [-0.05, 0) is 6.42 Å². The van der Waals surface area contributed by atoms with Crippen molar-refractivity contribution in [3.63, 3.8) is 0 Å². The van der Waals surface area contributed by atoms with E-state index < -0.39 is 17.9 Å². The van der Waals surface area contributed by atoms with Gasteiger partial charge in [0.2, 0.25) is 5.91 Å². The van der Waals surface area contributed by atoms with Crippen LogP contribution in [0.15, 0.2) is 0 Å². The summed E-state index contributed by atoms with van der Waals surface area (Å²) in [5.74, 6) is -1.69. The number of carbonyl (C=O) groups is 3. The van der Waals surface area contributed by atoms with Crippen molar-refractivity contribution in [2.24, 2.45) is 0 Å². The first kappa shape index (κ1) is 14.9. The van der Waals surface area contributed by atoms with Crippen molar-refractivity contribution in [1.82, 2.24) is 15.1 Å². The van der Waals surface area contributed by atoms with Gasteiger partial charge in [-0.3, -0.25) is 19.8 Å². The quantitative estimate of drug-likeness (QED) is 0.597. The third-order valence-electron chi connectivity index (χ3n) is 2.83. The summed E-state index contributed by atoms with van der Waals surface area (Å²) in [5, 5.41) is 18.7. The van der Waals surface area contributed by atoms with Crippen LogP contribution in [0.2, 0.25) is 0 Å². The molecule has 2 amide bonds. The second-order valence-corrected chi connectivity index (χ2v) is 4.51. The number of rotatable bonds is 5. The number of nitrogens with zero attached hydrogens (tertiary/aromatic N) is 2. The minimum absolute atomic E-state index is 0.0246. The predicted octanol–water partition coefficient (Wildman–Crippen LogP) is -0.935. The highest BCUT2D eigenvalue weighted by Gasteiger charge is 2.34. The monoisotopic (exact) mass is 270 g/mol. The first-order chi connectivity index (χ1) is 8.82. The number of nitrogens with one attached hydrogen (secondary N) is 2. The van der Waals surface area contributed by atoms with Crippen LogP contribution in [0.4, 0.5) is 0 Å². The van der Waals surface area contributed by atoms with Crippen molar-refractivity contribution in [3.05, 3.63) is 0 Å². The maximum absolute atomic E-state index is 11.8. The van der Waals surface area contributed by atoms with E-state index in [1.807, 2.05) is 0 Å². The number of carboxylic acids is 1. The summed E-state index contributed by atoms with van der Waals surface area (Å²) in [6, 6.07) is -0.985. The Hall–Kier alpha value is -2.12. The molecule has 0 saturated carbocycles. The van der Waals surface area contributed by atoms with Gasteiger partial charge in [0.1, 0.15) is 5.84 Å². The van der Waals surface area contributed by atoms with Crippen LogP contribution in [0.5, 0.6) is 0 Å². The van der Waals surface area contributed by atoms with E-state index in [1.54, 1.807) is 19.0 Å². The van der Waals surface area contributed by atoms with Gasteiger partial charge in [0, 0.05) is 26.9 Å². The summed E-state index contributed by atoms with van der Waals surface area (Å²) in [7, 11) is 3.25. The Balaban J connectivity index is 2.53. The molecule has 8 nitrogen and oxygen atoms in total. The van der Waals surface area contributed by atoms with Gasteiger partial charge in [0.05, 0.1) is 6.67 Å². The zero-order chi connectivity index (χ0) is 14.6. The molecule has 0 spiro atoms. The lowest BCUT2D eigenvalue weighted by Crippen LogP contribution is -2.62. The van der Waals surface area contributed by atoms with Crippen LogP contribution >= 0.6 is 0 Å². The smallest absolute Gasteiger partial charge is 0.303 e. The zero-order valence-electron chi connectivity index (χ0n) is 11.0. The minimum Gasteiger partial charge on any atom is -0.481 e. The Morgan fingerprint density at radius 3 is 2.58 bits per heavy atom. The van der Waals surface area contributed by atoms with Crippen molar-refractivity contribution in [1.29, 1.82) is 5.41 Å². The molecular formula is C11H18N4O4. The summed E-state index contributed by atoms with van der Waals surface area (Å²) < 4.78 is 0. The first-order valence-electron chi connectivity index (χ1n) is 5.88. The van der Waals surface area contributed by atoms with E-state index in [0.717, 1.165) is 0 Å². The zero-order valence-corrected chi connectivity index (χ0v) is 11.0. The van der Waals surface area contributed by atoms with Crippen LogP contribution in [0.25, 0.3) is 0 Å². The van der Waals surface area contributed by atoms with Crippen LogP contribution in [0.1, 0.15) is 19.3 Å². The first-order valence-corrected chi connectivity index (χ1v) is 5.88. The highest BCUT2D eigenvalue weighted by molar-refractivity contribution is 6.09. The van der Waals surface area contributed by atoms with E-state index in [2.05, 4.69) is 5.32 Å². The maximum Gasteiger partial charge on any atom is 0.303 e. The molecule has 1 unspecified atom stereocenters. The van der Waals surface area contributed by atoms with E-state index in [1.165, 1.54) is 4.90 Å². The molecule has 1 fully saturated rings. The molecule has 0 aliphatic carbocycles. The molecule has 1 rings (SSSR count). The molecule has 19 heavy (non-hydrogen) atoms. The van der Waals surface area contributed by atoms with Gasteiger partial charge in [0.25, 0.3) is 5.91 Å². The van der Waals surface area contributed by atoms with Crippen LogP contribution in [-0.4, -0.2) is 65.3 Å². The molecule has 1 aliphatic heterocycles. The van der Waals surface area contributed by atoms with Crippen molar-refractivity contribution in [3.8, 4) is 0 Å². The van der Waals surface area contributed by atoms with Gasteiger partial charge in [0.15, 0.2) is 6.04 Å². The van der Waals surface area contributed by atoms with Crippen molar-refractivity contribution >= 4 is 23.6 Å². The Bertz CT molecular complexity index is 389. The van der Waals surface area contributed by atoms with E-state index >= 15 is 0 Å². The largest absolute Gasteiger partial charge is 0.481 e. The number of aliphatic carboxylic acids is 1. The van der Waals surface area contributed by atoms with E-state index in [0.29, 0.717) is 6.67 Å². The van der Waals surface area contributed by atoms with Gasteiger partial charge in [-0.25, -0.2) is 0 Å². The lowest BCUT2D eigenvalue weighted by atomic mass is 10.1. The number of amidine groups is 1. The van der Waals surface area contributed by atoms with Gasteiger partial charge >= 0.3 is 5.97 Å². The normalized spacial score (nSPS) is 19.6. The number of amides is 2. The Kier molecular flexibility index (Phi) is 4.85. The molecule has 0 radical (unpaired) electrons. The Labute approximate surface area is 110 Å². The third-order valence-corrected chi connectivity index (χ3v) is 2.83. The van der Waals surface area contributed by atoms with Crippen molar-refractivity contribution in [2.45, 2.75) is 25.3 Å². The molecule has 0 bridgehead atoms. The van der Waals surface area contributed by atoms with Gasteiger partial charge < -0.3 is 20.2 Å². The van der Waals surface area contributed by atoms with Gasteiger partial charge in [-0.1, -0.05) is 0 Å². The molecule has 0 aromatic heterocycles. The summed E-state index contributed by atoms with van der Waals surface area (Å²) in [5.41, 5.74) is 0. The SMILES string of the molecule is CN1CN(C)C(=O)C(NC(=O)CCCC(=O)O)C1=N. The molecule has 1 atom stereocenters. The second kappa shape index (κ2) is 6.17. The molecule has 3 N–H and O–H groups in total. The molecule has 1 aliphatic rings. The number of carboxylic acid groups (broad SMARTS) is 1. The lowest BCUT2D eigenvalue weighted by Gasteiger charge is -2.37. The fourth-order valence-corrected chi connectivity index (χ4v) is 1.79. The molecule has 1 heterocycles. The Morgan fingerprint density at radius 1 is 1.37 bits per heavy atom. The summed E-state index contributed by atoms with van der Waals surface area (Å²) in [4.78, 5) is 36.8. The molecular weight excluding hydrogens is 252 g/mol. The van der Waals surface area contributed by atoms with Crippen LogP contribution in [0.3, 0.4) is 0 Å². The molecule has 8 heteroatoms. The van der Waals surface area contributed by atoms with E-state index in [-0.39, 0.29) is 31.0 Å². The average Bonchev–Trinajstić information content (AvgIpc) is 2.32. The highest BCUT2D eigenvalue weighted by atomic mass is 16.4. The van der Waals surface area contributed by atoms with E-state index in [4.69, 9.17) is 10.5 Å². The molecule has 0 aromatic carbocycles. The van der Waals surface area contributed by atoms with Gasteiger partial charge in [-0.2, -0.15) is 0 Å². The van der Waals surface area contributed by atoms with Crippen LogP contribution in [-0.2, 0) is 14.4 Å². The molecule has 106 valence electrons. The second-order valence-electron chi connectivity index (χ2n) is 4.51. The number of likely N-dealkylation sites (N-methyl/N-ethyl adjacent to an activating group) is 2. The summed E-state index contributed by atoms with van der Waals surface area (Å²) in [6.45, 7) is 0.309. The van der Waals surface area contributed by atoms with E-state index in [9.17, 15) is 14.4 Å². The summed E-state index contributed by atoms with van der Waals surface area (Å²) in [6.07, 6.45) is 0.140. The van der Waals surface area contributed by atoms with Gasteiger partial charge in [-0.15, -0.1) is 0 Å². The molecule has 0 aromatic rings. The third kappa shape index (κ3) is 3.94. The number of carbonyl (C=O) groups excluding carboxylic acids is 2. The predicted molar refractivity (Wildman–Crippen MR) is 66.5 cm³/mol. The Morgan fingerprint density at radius 2 is 2.00 bits per heavy atom. The highest BCUT2D eigenvalue weighted by Crippen LogP contribution is 2.07. The molecule has 1 saturated heterocycles. The number of hydrogen-bond donors (Lipinski definition) is 3. The van der Waals surface area contributed by atoms with Crippen molar-refractivity contribution in [2.75, 3.05) is 20.8 Å². The van der Waals surface area contributed by atoms with Crippen molar-refractivity contribution < 1.29 is 19.5 Å². The average molecular weight is 270 g/mol. The fraction of sp³-hybridized carbons (Fsp3) is 0.636. The fourth-order valence-electron chi connectivity index (χ4n) is 1.79. The van der Waals surface area contributed by atoms with Crippen LogP contribution < -0.4 is 5.32 Å². The lowest BCUT2D eigenvalue weighted by molar-refractivity contribution is -0.138. The maximum atomic E-state index is 11.8. The standard InChI is InChI=1S/C11H18N4O4/c1-14-6-15(2)11(19)9(10(14)12)13-7(16)4-3-5-8(17)18/h9,12H,3-6H2,1-2H3,(H,13,16)(H,17,18). The minimum atomic E-state index is -0.985. The van der Waals surface area contributed by atoms with Crippen LogP contribution in [0, 0.1) is 5.41 Å². The topological polar surface area (TPSA) is 114 Å². The summed E-state index contributed by atoms with van der Waals surface area (Å²) >= 11 is 0. The number of hydrogen-bond acceptors (Lipinski definition) is 4.